The Morgan fingerprint density at radius 2 is 1.65 bits per heavy atom. The topological polar surface area (TPSA) is 97.4 Å². The maximum absolute atomic E-state index is 13.2. The molecule has 2 aliphatic carbocycles. The second kappa shape index (κ2) is 14.5. The van der Waals surface area contributed by atoms with E-state index < -0.39 is 23.7 Å². The summed E-state index contributed by atoms with van der Waals surface area (Å²) < 4.78 is 16.8. The molecule has 6 rings (SSSR count). The van der Waals surface area contributed by atoms with Crippen LogP contribution in [-0.2, 0) is 43.2 Å². The van der Waals surface area contributed by atoms with E-state index in [1.807, 2.05) is 53.4 Å². The van der Waals surface area contributed by atoms with E-state index in [0.29, 0.717) is 25.2 Å². The van der Waals surface area contributed by atoms with Crippen LogP contribution in [-0.4, -0.2) is 73.4 Å². The van der Waals surface area contributed by atoms with Gasteiger partial charge in [-0.05, 0) is 98.4 Å². The SMILES string of the molecule is COC1CCC(N2CCN(c3ccc(C[C@H](NC(=O)OCc4cccc5c4Cc4ccccc4-5)C(=O)OC(C)(C)C)cc3)C(=O)C2)CC1. The van der Waals surface area contributed by atoms with Gasteiger partial charge in [0.25, 0.3) is 0 Å². The fourth-order valence-corrected chi connectivity index (χ4v) is 7.22. The monoisotopic (exact) mass is 653 g/mol. The molecule has 2 fully saturated rings. The van der Waals surface area contributed by atoms with Crippen LogP contribution < -0.4 is 10.2 Å². The van der Waals surface area contributed by atoms with Crippen molar-refractivity contribution in [2.75, 3.05) is 31.6 Å². The van der Waals surface area contributed by atoms with Crippen LogP contribution in [0.25, 0.3) is 11.1 Å². The largest absolute Gasteiger partial charge is 0.458 e. The van der Waals surface area contributed by atoms with E-state index in [0.717, 1.165) is 66.6 Å². The molecule has 0 unspecified atom stereocenters. The van der Waals surface area contributed by atoms with Crippen LogP contribution in [0.5, 0.6) is 0 Å². The number of anilines is 1. The van der Waals surface area contributed by atoms with Gasteiger partial charge in [-0.25, -0.2) is 9.59 Å². The first kappa shape index (κ1) is 33.7. The third-order valence-electron chi connectivity index (χ3n) is 9.72. The summed E-state index contributed by atoms with van der Waals surface area (Å²) >= 11 is 0. The number of methoxy groups -OCH3 is 1. The second-order valence-electron chi connectivity index (χ2n) is 14.1. The van der Waals surface area contributed by atoms with Gasteiger partial charge in [-0.2, -0.15) is 0 Å². The van der Waals surface area contributed by atoms with Crippen molar-refractivity contribution in [3.63, 3.8) is 0 Å². The zero-order chi connectivity index (χ0) is 33.8. The Morgan fingerprint density at radius 3 is 2.35 bits per heavy atom. The number of rotatable bonds is 9. The van der Waals surface area contributed by atoms with E-state index >= 15 is 0 Å². The van der Waals surface area contributed by atoms with E-state index in [9.17, 15) is 14.4 Å². The molecule has 0 aromatic heterocycles. The van der Waals surface area contributed by atoms with Crippen molar-refractivity contribution in [3.05, 3.63) is 89.0 Å². The normalized spacial score (nSPS) is 20.1. The van der Waals surface area contributed by atoms with E-state index in [-0.39, 0.29) is 18.9 Å². The fourth-order valence-electron chi connectivity index (χ4n) is 7.22. The number of ether oxygens (including phenoxy) is 3. The van der Waals surface area contributed by atoms with Crippen molar-refractivity contribution < 1.29 is 28.6 Å². The van der Waals surface area contributed by atoms with Crippen LogP contribution in [0.1, 0.15) is 68.7 Å². The van der Waals surface area contributed by atoms with Gasteiger partial charge in [0, 0.05) is 38.3 Å². The first-order valence-electron chi connectivity index (χ1n) is 17.1. The summed E-state index contributed by atoms with van der Waals surface area (Å²) in [5.41, 5.74) is 6.65. The smallest absolute Gasteiger partial charge is 0.408 e. The zero-order valence-corrected chi connectivity index (χ0v) is 28.5. The lowest BCUT2D eigenvalue weighted by Crippen LogP contribution is -2.54. The lowest BCUT2D eigenvalue weighted by molar-refractivity contribution is -0.157. The summed E-state index contributed by atoms with van der Waals surface area (Å²) in [6.45, 7) is 7.36. The lowest BCUT2D eigenvalue weighted by Gasteiger charge is -2.41. The minimum absolute atomic E-state index is 0.0897. The molecule has 3 aromatic rings. The molecule has 48 heavy (non-hydrogen) atoms. The Kier molecular flexibility index (Phi) is 10.2. The number of carbonyl (C=O) groups is 3. The average Bonchev–Trinajstić information content (AvgIpc) is 3.46. The molecule has 0 spiro atoms. The summed E-state index contributed by atoms with van der Waals surface area (Å²) in [5, 5.41) is 2.76. The summed E-state index contributed by atoms with van der Waals surface area (Å²) in [6, 6.07) is 21.4. The highest BCUT2D eigenvalue weighted by molar-refractivity contribution is 5.95. The molecule has 9 heteroatoms. The Bertz CT molecular complexity index is 1620. The van der Waals surface area contributed by atoms with Gasteiger partial charge in [0.1, 0.15) is 18.2 Å². The lowest BCUT2D eigenvalue weighted by atomic mass is 9.91. The van der Waals surface area contributed by atoms with Crippen molar-refractivity contribution in [3.8, 4) is 11.1 Å². The highest BCUT2D eigenvalue weighted by Gasteiger charge is 2.33. The molecule has 1 heterocycles. The molecular formula is C39H47N3O6. The number of esters is 1. The average molecular weight is 654 g/mol. The second-order valence-corrected chi connectivity index (χ2v) is 14.1. The number of hydrogen-bond donors (Lipinski definition) is 1. The summed E-state index contributed by atoms with van der Waals surface area (Å²) in [5.74, 6) is -0.447. The molecule has 254 valence electrons. The van der Waals surface area contributed by atoms with Crippen LogP contribution in [0.2, 0.25) is 0 Å². The third-order valence-corrected chi connectivity index (χ3v) is 9.72. The van der Waals surface area contributed by atoms with Gasteiger partial charge >= 0.3 is 12.1 Å². The number of benzene rings is 3. The maximum Gasteiger partial charge on any atom is 0.408 e. The molecule has 1 saturated carbocycles. The Morgan fingerprint density at radius 1 is 0.917 bits per heavy atom. The predicted molar refractivity (Wildman–Crippen MR) is 185 cm³/mol. The van der Waals surface area contributed by atoms with Crippen molar-refractivity contribution in [1.29, 1.82) is 0 Å². The first-order valence-corrected chi connectivity index (χ1v) is 17.1. The highest BCUT2D eigenvalue weighted by Crippen LogP contribution is 2.38. The molecule has 3 aromatic carbocycles. The molecular weight excluding hydrogens is 606 g/mol. The van der Waals surface area contributed by atoms with E-state index in [4.69, 9.17) is 14.2 Å². The number of fused-ring (bicyclic) bond motifs is 3. The molecule has 1 atom stereocenters. The number of piperazine rings is 1. The van der Waals surface area contributed by atoms with Gasteiger partial charge < -0.3 is 24.4 Å². The highest BCUT2D eigenvalue weighted by atomic mass is 16.6. The van der Waals surface area contributed by atoms with Crippen molar-refractivity contribution in [2.45, 2.75) is 89.7 Å². The summed E-state index contributed by atoms with van der Waals surface area (Å²) in [4.78, 5) is 43.7. The van der Waals surface area contributed by atoms with Crippen LogP contribution in [0, 0.1) is 0 Å². The number of alkyl carbamates (subject to hydrolysis) is 1. The van der Waals surface area contributed by atoms with E-state index in [1.165, 1.54) is 11.1 Å². The molecule has 9 nitrogen and oxygen atoms in total. The van der Waals surface area contributed by atoms with Crippen LogP contribution in [0.15, 0.2) is 66.7 Å². The standard InChI is InChI=1S/C39H47N3O6/c1-39(2,3)48-37(44)35(40-38(45)47-25-28-9-7-11-33-32-10-6-5-8-27(32)23-34(28)33)22-26-12-14-30(15-13-26)42-21-20-41(24-36(42)43)29-16-18-31(46-4)19-17-29/h5-15,29,31,35H,16-25H2,1-4H3,(H,40,45)/t29?,31?,35-/m0/s1. The first-order chi connectivity index (χ1) is 23.1. The molecule has 3 aliphatic rings. The molecule has 1 aliphatic heterocycles. The van der Waals surface area contributed by atoms with Gasteiger partial charge in [0.15, 0.2) is 0 Å². The van der Waals surface area contributed by atoms with Gasteiger partial charge in [0.05, 0.1) is 12.6 Å². The minimum Gasteiger partial charge on any atom is -0.458 e. The molecule has 0 bridgehead atoms. The summed E-state index contributed by atoms with van der Waals surface area (Å²) in [6.07, 6.45) is 4.85. The quantitative estimate of drug-likeness (QED) is 0.220. The number of amides is 2. The Hall–Kier alpha value is -4.21. The van der Waals surface area contributed by atoms with E-state index in [2.05, 4.69) is 28.4 Å². The molecule has 0 radical (unpaired) electrons. The van der Waals surface area contributed by atoms with Crippen LogP contribution in [0.3, 0.4) is 0 Å². The minimum atomic E-state index is -0.952. The number of carbonyl (C=O) groups excluding carboxylic acids is 3. The summed E-state index contributed by atoms with van der Waals surface area (Å²) in [7, 11) is 1.78. The van der Waals surface area contributed by atoms with Crippen molar-refractivity contribution in [1.82, 2.24) is 10.2 Å². The molecule has 1 saturated heterocycles. The number of nitrogens with zero attached hydrogens (tertiary/aromatic N) is 2. The Balaban J connectivity index is 1.07. The number of nitrogens with one attached hydrogen (secondary N) is 1. The number of hydrogen-bond acceptors (Lipinski definition) is 7. The van der Waals surface area contributed by atoms with E-state index in [1.54, 1.807) is 27.9 Å². The van der Waals surface area contributed by atoms with Gasteiger partial charge in [-0.15, -0.1) is 0 Å². The predicted octanol–water partition coefficient (Wildman–Crippen LogP) is 6.04. The zero-order valence-electron chi connectivity index (χ0n) is 28.5. The maximum atomic E-state index is 13.2. The third kappa shape index (κ3) is 7.90. The van der Waals surface area contributed by atoms with Crippen molar-refractivity contribution >= 4 is 23.7 Å². The van der Waals surface area contributed by atoms with Crippen LogP contribution in [0.4, 0.5) is 10.5 Å². The van der Waals surface area contributed by atoms with Gasteiger partial charge in [-0.1, -0.05) is 54.6 Å². The Labute approximate surface area is 283 Å². The van der Waals surface area contributed by atoms with Gasteiger partial charge in [-0.3, -0.25) is 9.69 Å². The molecule has 2 amide bonds. The molecule has 1 N–H and O–H groups in total. The van der Waals surface area contributed by atoms with Crippen molar-refractivity contribution in [2.24, 2.45) is 0 Å². The fraction of sp³-hybridized carbons (Fsp3) is 0.462. The van der Waals surface area contributed by atoms with Gasteiger partial charge in [0.2, 0.25) is 5.91 Å². The van der Waals surface area contributed by atoms with Crippen LogP contribution >= 0.6 is 0 Å².